The molecule has 3 rings (SSSR count). The molecule has 7 heteroatoms. The smallest absolute Gasteiger partial charge is 0.303 e. The molecule has 0 fully saturated rings. The molecule has 1 amide bonds. The van der Waals surface area contributed by atoms with Crippen LogP contribution in [-0.4, -0.2) is 33.3 Å². The van der Waals surface area contributed by atoms with Crippen LogP contribution in [0, 0.1) is 12.7 Å². The van der Waals surface area contributed by atoms with Crippen LogP contribution in [0.15, 0.2) is 18.2 Å². The minimum Gasteiger partial charge on any atom is -0.481 e. The third-order valence-electron chi connectivity index (χ3n) is 4.65. The Morgan fingerprint density at radius 3 is 2.85 bits per heavy atom. The minimum absolute atomic E-state index is 0.0897. The summed E-state index contributed by atoms with van der Waals surface area (Å²) in [5, 5.41) is 15.8. The number of carboxylic acid groups (broad SMARTS) is 1. The van der Waals surface area contributed by atoms with Gasteiger partial charge in [-0.25, -0.2) is 9.07 Å². The number of carboxylic acids is 1. The van der Waals surface area contributed by atoms with Crippen molar-refractivity contribution in [3.8, 4) is 5.69 Å². The summed E-state index contributed by atoms with van der Waals surface area (Å²) in [6.45, 7) is 2.22. The molecule has 0 atom stereocenters. The van der Waals surface area contributed by atoms with E-state index in [4.69, 9.17) is 5.11 Å². The molecule has 1 aromatic carbocycles. The molecule has 0 spiro atoms. The maximum Gasteiger partial charge on any atom is 0.303 e. The van der Waals surface area contributed by atoms with E-state index in [2.05, 4.69) is 10.4 Å². The highest BCUT2D eigenvalue weighted by molar-refractivity contribution is 5.94. The number of nitrogens with zero attached hydrogens (tertiary/aromatic N) is 2. The van der Waals surface area contributed by atoms with Crippen molar-refractivity contribution in [2.45, 2.75) is 45.4 Å². The van der Waals surface area contributed by atoms with E-state index >= 15 is 0 Å². The first kappa shape index (κ1) is 18.1. The fourth-order valence-electron chi connectivity index (χ4n) is 3.38. The number of amides is 1. The quantitative estimate of drug-likeness (QED) is 0.745. The second-order valence-corrected chi connectivity index (χ2v) is 6.55. The molecule has 2 N–H and O–H groups in total. The number of aliphatic carboxylic acids is 1. The topological polar surface area (TPSA) is 84.2 Å². The number of unbranched alkanes of at least 4 members (excludes halogenated alkanes) is 1. The molecule has 138 valence electrons. The SMILES string of the molecule is Cc1cccc(F)c1-n1nc(C(=O)NCCCCC(=O)O)c2c1CCC2. The number of rotatable bonds is 7. The van der Waals surface area contributed by atoms with E-state index < -0.39 is 5.97 Å². The summed E-state index contributed by atoms with van der Waals surface area (Å²) in [6, 6.07) is 4.87. The highest BCUT2D eigenvalue weighted by atomic mass is 19.1. The molecule has 0 saturated heterocycles. The Balaban J connectivity index is 1.79. The number of benzene rings is 1. The van der Waals surface area contributed by atoms with Crippen LogP contribution < -0.4 is 5.32 Å². The Bertz CT molecular complexity index is 825. The highest BCUT2D eigenvalue weighted by Gasteiger charge is 2.28. The van der Waals surface area contributed by atoms with Crippen LogP contribution in [0.4, 0.5) is 4.39 Å². The second kappa shape index (κ2) is 7.68. The van der Waals surface area contributed by atoms with Crippen molar-refractivity contribution in [2.24, 2.45) is 0 Å². The summed E-state index contributed by atoms with van der Waals surface area (Å²) in [5.74, 6) is -1.48. The van der Waals surface area contributed by atoms with Gasteiger partial charge in [0.2, 0.25) is 0 Å². The predicted molar refractivity (Wildman–Crippen MR) is 94.1 cm³/mol. The van der Waals surface area contributed by atoms with Crippen LogP contribution in [0.3, 0.4) is 0 Å². The van der Waals surface area contributed by atoms with E-state index in [-0.39, 0.29) is 18.1 Å². The molecule has 0 saturated carbocycles. The summed E-state index contributed by atoms with van der Waals surface area (Å²) in [5.41, 5.74) is 3.29. The zero-order chi connectivity index (χ0) is 18.7. The maximum absolute atomic E-state index is 14.4. The van der Waals surface area contributed by atoms with Gasteiger partial charge in [-0.05, 0) is 50.7 Å². The maximum atomic E-state index is 14.4. The Kier molecular flexibility index (Phi) is 5.35. The van der Waals surface area contributed by atoms with Crippen molar-refractivity contribution in [2.75, 3.05) is 6.54 Å². The van der Waals surface area contributed by atoms with Crippen LogP contribution in [-0.2, 0) is 17.6 Å². The normalized spacial score (nSPS) is 12.8. The third kappa shape index (κ3) is 3.61. The van der Waals surface area contributed by atoms with Crippen LogP contribution in [0.5, 0.6) is 0 Å². The number of halogens is 1. The zero-order valence-electron chi connectivity index (χ0n) is 14.7. The van der Waals surface area contributed by atoms with Gasteiger partial charge < -0.3 is 10.4 Å². The largest absolute Gasteiger partial charge is 0.481 e. The van der Waals surface area contributed by atoms with Gasteiger partial charge in [-0.15, -0.1) is 0 Å². The molecular formula is C19H22FN3O3. The Morgan fingerprint density at radius 2 is 2.12 bits per heavy atom. The Morgan fingerprint density at radius 1 is 1.31 bits per heavy atom. The lowest BCUT2D eigenvalue weighted by molar-refractivity contribution is -0.137. The first-order chi connectivity index (χ1) is 12.5. The van der Waals surface area contributed by atoms with Crippen LogP contribution in [0.1, 0.15) is 53.0 Å². The van der Waals surface area contributed by atoms with Crippen LogP contribution >= 0.6 is 0 Å². The number of hydrogen-bond donors (Lipinski definition) is 2. The molecule has 1 aromatic heterocycles. The fraction of sp³-hybridized carbons (Fsp3) is 0.421. The highest BCUT2D eigenvalue weighted by Crippen LogP contribution is 2.29. The van der Waals surface area contributed by atoms with E-state index in [1.54, 1.807) is 10.7 Å². The summed E-state index contributed by atoms with van der Waals surface area (Å²) in [6.07, 6.45) is 3.63. The van der Waals surface area contributed by atoms with Crippen LogP contribution in [0.25, 0.3) is 5.69 Å². The molecule has 0 aliphatic heterocycles. The molecule has 0 unspecified atom stereocenters. The molecule has 1 aliphatic rings. The van der Waals surface area contributed by atoms with Gasteiger partial charge in [0.05, 0.1) is 0 Å². The molecule has 2 aromatic rings. The molecule has 26 heavy (non-hydrogen) atoms. The standard InChI is InChI=1S/C19H22FN3O3/c1-12-6-4-8-14(20)18(12)23-15-9-5-7-13(15)17(22-23)19(26)21-11-3-2-10-16(24)25/h4,6,8H,2-3,5,7,9-11H2,1H3,(H,21,26)(H,24,25). The van der Waals surface area contributed by atoms with Crippen molar-refractivity contribution in [1.82, 2.24) is 15.1 Å². The van der Waals surface area contributed by atoms with Gasteiger partial charge >= 0.3 is 5.97 Å². The number of fused-ring (bicyclic) bond motifs is 1. The molecular weight excluding hydrogens is 337 g/mol. The average Bonchev–Trinajstić information content (AvgIpc) is 3.17. The average molecular weight is 359 g/mol. The molecule has 0 bridgehead atoms. The number of carbonyl (C=O) groups excluding carboxylic acids is 1. The van der Waals surface area contributed by atoms with Gasteiger partial charge in [-0.1, -0.05) is 12.1 Å². The lowest BCUT2D eigenvalue weighted by Gasteiger charge is -2.10. The summed E-state index contributed by atoms with van der Waals surface area (Å²) in [7, 11) is 0. The van der Waals surface area contributed by atoms with Crippen molar-refractivity contribution in [3.05, 3.63) is 46.5 Å². The van der Waals surface area contributed by atoms with E-state index in [0.717, 1.165) is 36.1 Å². The summed E-state index contributed by atoms with van der Waals surface area (Å²) in [4.78, 5) is 23.0. The first-order valence-corrected chi connectivity index (χ1v) is 8.85. The molecule has 1 aliphatic carbocycles. The van der Waals surface area contributed by atoms with Crippen molar-refractivity contribution < 1.29 is 19.1 Å². The van der Waals surface area contributed by atoms with Gasteiger partial charge in [0.25, 0.3) is 5.91 Å². The second-order valence-electron chi connectivity index (χ2n) is 6.55. The van der Waals surface area contributed by atoms with Gasteiger partial charge in [0.15, 0.2) is 5.69 Å². The van der Waals surface area contributed by atoms with Gasteiger partial charge in [0.1, 0.15) is 11.5 Å². The fourth-order valence-corrected chi connectivity index (χ4v) is 3.38. The number of aryl methyl sites for hydroxylation is 1. The van der Waals surface area contributed by atoms with E-state index in [9.17, 15) is 14.0 Å². The minimum atomic E-state index is -0.840. The third-order valence-corrected chi connectivity index (χ3v) is 4.65. The lowest BCUT2D eigenvalue weighted by atomic mass is 10.1. The first-order valence-electron chi connectivity index (χ1n) is 8.85. The summed E-state index contributed by atoms with van der Waals surface area (Å²) >= 11 is 0. The van der Waals surface area contributed by atoms with Crippen molar-refractivity contribution in [1.29, 1.82) is 0 Å². The monoisotopic (exact) mass is 359 g/mol. The Labute approximate surface area is 151 Å². The number of carbonyl (C=O) groups is 2. The van der Waals surface area contributed by atoms with E-state index in [1.807, 2.05) is 13.0 Å². The number of para-hydroxylation sites is 1. The molecule has 6 nitrogen and oxygen atoms in total. The lowest BCUT2D eigenvalue weighted by Crippen LogP contribution is -2.26. The molecule has 1 heterocycles. The number of hydrogen-bond acceptors (Lipinski definition) is 3. The van der Waals surface area contributed by atoms with Gasteiger partial charge in [0, 0.05) is 24.2 Å². The number of nitrogens with one attached hydrogen (secondary N) is 1. The van der Waals surface area contributed by atoms with Crippen molar-refractivity contribution in [3.63, 3.8) is 0 Å². The molecule has 0 radical (unpaired) electrons. The van der Waals surface area contributed by atoms with Gasteiger partial charge in [-0.2, -0.15) is 5.10 Å². The number of aromatic nitrogens is 2. The predicted octanol–water partition coefficient (Wildman–Crippen LogP) is 2.79. The van der Waals surface area contributed by atoms with Gasteiger partial charge in [-0.3, -0.25) is 9.59 Å². The summed E-state index contributed by atoms with van der Waals surface area (Å²) < 4.78 is 15.9. The Hall–Kier alpha value is -2.70. The van der Waals surface area contributed by atoms with Crippen molar-refractivity contribution >= 4 is 11.9 Å². The van der Waals surface area contributed by atoms with E-state index in [1.165, 1.54) is 6.07 Å². The van der Waals surface area contributed by atoms with E-state index in [0.29, 0.717) is 30.8 Å². The van der Waals surface area contributed by atoms with Crippen LogP contribution in [0.2, 0.25) is 0 Å². The zero-order valence-corrected chi connectivity index (χ0v) is 14.7.